The summed E-state index contributed by atoms with van der Waals surface area (Å²) < 4.78 is 89.5. The van der Waals surface area contributed by atoms with Crippen molar-refractivity contribution in [3.63, 3.8) is 0 Å². The van der Waals surface area contributed by atoms with Crippen LogP contribution in [0.25, 0.3) is 11.3 Å². The van der Waals surface area contributed by atoms with E-state index in [4.69, 9.17) is 20.0 Å². The fourth-order valence-corrected chi connectivity index (χ4v) is 4.87. The Kier molecular flexibility index (Phi) is 12.1. The third-order valence-corrected chi connectivity index (χ3v) is 7.76. The largest absolute Gasteiger partial charge is 0.434 e. The number of aromatic nitrogens is 2. The number of amides is 1. The highest BCUT2D eigenvalue weighted by Gasteiger charge is 2.52. The maximum atomic E-state index is 13.5. The first-order valence-corrected chi connectivity index (χ1v) is 14.0. The predicted octanol–water partition coefficient (Wildman–Crippen LogP) is 5.45. The number of hydrogen-bond acceptors (Lipinski definition) is 7. The number of aliphatic hydroxyl groups is 2. The van der Waals surface area contributed by atoms with Gasteiger partial charge >= 0.3 is 24.4 Å². The zero-order chi connectivity index (χ0) is 32.0. The summed E-state index contributed by atoms with van der Waals surface area (Å²) in [5.74, 6) is -0.751. The third-order valence-electron chi connectivity index (χ3n) is 7.40. The van der Waals surface area contributed by atoms with Gasteiger partial charge in [-0.3, -0.25) is 9.48 Å². The summed E-state index contributed by atoms with van der Waals surface area (Å²) in [6.45, 7) is 2.12. The Bertz CT molecular complexity index is 1280. The van der Waals surface area contributed by atoms with E-state index >= 15 is 0 Å². The van der Waals surface area contributed by atoms with Crippen LogP contribution in [0.4, 0.5) is 22.0 Å². The number of halogens is 6. The predicted molar refractivity (Wildman–Crippen MR) is 144 cm³/mol. The first-order chi connectivity index (χ1) is 19.4. The second-order valence-electron chi connectivity index (χ2n) is 10.7. The quantitative estimate of drug-likeness (QED) is 0.309. The van der Waals surface area contributed by atoms with Gasteiger partial charge < -0.3 is 20.3 Å². The first kappa shape index (κ1) is 35.6. The molecule has 1 amide bonds. The fraction of sp³-hybridized carbons (Fsp3) is 0.615. The van der Waals surface area contributed by atoms with E-state index in [0.717, 1.165) is 38.8 Å². The molecule has 0 saturated heterocycles. The summed E-state index contributed by atoms with van der Waals surface area (Å²) in [6, 6.07) is 3.22. The smallest absolute Gasteiger partial charge is 0.396 e. The van der Waals surface area contributed by atoms with Crippen molar-refractivity contribution in [3.8, 4) is 17.0 Å². The lowest BCUT2D eigenvalue weighted by Crippen LogP contribution is -2.45. The number of carbonyl (C=O) groups is 1. The Labute approximate surface area is 248 Å². The number of alkyl halides is 5. The van der Waals surface area contributed by atoms with Crippen LogP contribution in [-0.4, -0.2) is 59.3 Å². The summed E-state index contributed by atoms with van der Waals surface area (Å²) in [4.78, 5) is 13.0. The Morgan fingerprint density at radius 2 is 1.83 bits per heavy atom. The van der Waals surface area contributed by atoms with Gasteiger partial charge in [-0.25, -0.2) is 0 Å². The molecule has 0 bridgehead atoms. The van der Waals surface area contributed by atoms with Crippen molar-refractivity contribution in [2.75, 3.05) is 6.54 Å². The molecule has 2 aromatic rings. The van der Waals surface area contributed by atoms with Crippen LogP contribution in [0.15, 0.2) is 18.2 Å². The van der Waals surface area contributed by atoms with E-state index < -0.39 is 53.1 Å². The number of carbonyl (C=O) groups excluding carboxylic acids is 1. The van der Waals surface area contributed by atoms with Crippen molar-refractivity contribution in [1.29, 1.82) is 0 Å². The molecule has 1 heterocycles. The lowest BCUT2D eigenvalue weighted by Gasteiger charge is -2.34. The minimum atomic E-state index is -4.79. The van der Waals surface area contributed by atoms with Gasteiger partial charge in [-0.1, -0.05) is 24.6 Å². The maximum Gasteiger partial charge on any atom is 0.396 e. The minimum absolute atomic E-state index is 0.0233. The highest BCUT2D eigenvalue weighted by Crippen LogP contribution is 2.48. The first-order valence-electron chi connectivity index (χ1n) is 12.9. The Hall–Kier alpha value is -2.62. The molecule has 1 aromatic carbocycles. The van der Waals surface area contributed by atoms with Crippen LogP contribution in [0.5, 0.6) is 5.75 Å². The second-order valence-corrected chi connectivity index (χ2v) is 11.3. The molecule has 1 saturated carbocycles. The van der Waals surface area contributed by atoms with E-state index in [-0.39, 0.29) is 40.6 Å². The van der Waals surface area contributed by atoms with E-state index in [1.54, 1.807) is 6.92 Å². The summed E-state index contributed by atoms with van der Waals surface area (Å²) in [5, 5.41) is 27.9. The molecule has 1 aliphatic rings. The van der Waals surface area contributed by atoms with Crippen LogP contribution >= 0.6 is 11.6 Å². The highest BCUT2D eigenvalue weighted by atomic mass is 35.5. The topological polar surface area (TPSA) is 131 Å². The van der Waals surface area contributed by atoms with Crippen LogP contribution in [0.3, 0.4) is 0 Å². The van der Waals surface area contributed by atoms with E-state index in [9.17, 15) is 37.0 Å². The molecule has 236 valence electrons. The molecular weight excluding hydrogens is 613 g/mol. The van der Waals surface area contributed by atoms with Crippen molar-refractivity contribution in [2.45, 2.75) is 84.4 Å². The van der Waals surface area contributed by atoms with E-state index in [0.29, 0.717) is 18.8 Å². The second kappa shape index (κ2) is 14.2. The molecule has 1 fully saturated rings. The van der Waals surface area contributed by atoms with Gasteiger partial charge in [0.25, 0.3) is 5.91 Å². The number of nitrogens with zero attached hydrogens (tertiary/aromatic N) is 2. The lowest BCUT2D eigenvalue weighted by atomic mass is 9.79. The molecule has 0 aliphatic heterocycles. The van der Waals surface area contributed by atoms with Gasteiger partial charge in [0.2, 0.25) is 0 Å². The molecule has 1 aliphatic carbocycles. The monoisotopic (exact) mass is 645 g/mol. The molecule has 0 unspecified atom stereocenters. The average molecular weight is 646 g/mol. The van der Waals surface area contributed by atoms with Crippen LogP contribution in [0.2, 0.25) is 5.02 Å². The van der Waals surface area contributed by atoms with Gasteiger partial charge in [0.15, 0.2) is 5.69 Å². The number of benzene rings is 1. The fourth-order valence-electron chi connectivity index (χ4n) is 4.55. The van der Waals surface area contributed by atoms with Gasteiger partial charge in [-0.05, 0) is 70.1 Å². The zero-order valence-corrected chi connectivity index (χ0v) is 24.9. The van der Waals surface area contributed by atoms with Gasteiger partial charge in [-0.15, -0.1) is 0 Å². The van der Waals surface area contributed by atoms with Crippen LogP contribution in [0.1, 0.15) is 75.5 Å². The van der Waals surface area contributed by atoms with Crippen molar-refractivity contribution >= 4 is 29.1 Å². The molecular formula is C26H33ClF5N3O6S. The molecule has 3 rings (SSSR count). The summed E-state index contributed by atoms with van der Waals surface area (Å²) in [6.07, 6.45) is -4.19. The Morgan fingerprint density at radius 3 is 2.33 bits per heavy atom. The van der Waals surface area contributed by atoms with Crippen LogP contribution in [-0.2, 0) is 18.1 Å². The number of aliphatic hydroxyl groups excluding tert-OH is 1. The van der Waals surface area contributed by atoms with Gasteiger partial charge in [-0.2, -0.15) is 35.5 Å². The molecule has 3 N–H and O–H groups in total. The number of aryl methyl sites for hydroxylation is 1. The Morgan fingerprint density at radius 1 is 1.26 bits per heavy atom. The summed E-state index contributed by atoms with van der Waals surface area (Å²) in [7, 11) is 0. The normalized spacial score (nSPS) is 20.0. The maximum absolute atomic E-state index is 13.5. The summed E-state index contributed by atoms with van der Waals surface area (Å²) in [5.41, 5.74) is -4.21. The van der Waals surface area contributed by atoms with E-state index in [1.807, 2.05) is 0 Å². The third kappa shape index (κ3) is 8.26. The van der Waals surface area contributed by atoms with Crippen molar-refractivity contribution in [3.05, 3.63) is 34.5 Å². The Balaban J connectivity index is 0.00000197. The van der Waals surface area contributed by atoms with Gasteiger partial charge in [0, 0.05) is 18.7 Å². The molecule has 1 aromatic heterocycles. The lowest BCUT2D eigenvalue weighted by molar-refractivity contribution is -0.243. The van der Waals surface area contributed by atoms with Crippen molar-refractivity contribution < 1.29 is 50.1 Å². The van der Waals surface area contributed by atoms with E-state index in [2.05, 4.69) is 22.1 Å². The van der Waals surface area contributed by atoms with Gasteiger partial charge in [0.1, 0.15) is 5.75 Å². The van der Waals surface area contributed by atoms with Crippen molar-refractivity contribution in [2.24, 2.45) is 11.3 Å². The number of nitrogens with one attached hydrogen (secondary N) is 1. The van der Waals surface area contributed by atoms with Crippen LogP contribution < -0.4 is 10.1 Å². The van der Waals surface area contributed by atoms with Crippen molar-refractivity contribution in [1.82, 2.24) is 15.1 Å². The highest BCUT2D eigenvalue weighted by molar-refractivity contribution is 7.51. The van der Waals surface area contributed by atoms with Crippen LogP contribution in [0, 0.1) is 11.3 Å². The number of ether oxygens (including phenoxy) is 1. The minimum Gasteiger partial charge on any atom is -0.434 e. The summed E-state index contributed by atoms with van der Waals surface area (Å²) >= 11 is 5.76. The molecule has 1 atom stereocenters. The number of hydrogen-bond donors (Lipinski definition) is 3. The molecule has 9 nitrogen and oxygen atoms in total. The number of rotatable bonds is 9. The SMILES string of the molecule is CCn1nc(C(=O)NCC2(O)CCC(C)CC2)c(Cl)c1-c1ccc([C@H](O)C(C)(C)C(F)(F)F)cc1OC(F)F.O=S=O. The molecule has 42 heavy (non-hydrogen) atoms. The average Bonchev–Trinajstić information content (AvgIpc) is 3.24. The molecule has 16 heteroatoms. The molecule has 0 spiro atoms. The van der Waals surface area contributed by atoms with Gasteiger partial charge in [0.05, 0.1) is 27.8 Å². The molecule has 0 radical (unpaired) electrons. The standard InChI is InChI=1S/C26H33ClF5N3O4.O2S/c1-5-35-20(18(27)19(34-35)22(37)33-13-25(38)10-8-14(2)9-11-25)16-7-6-15(12-17(16)39-23(28)29)21(36)24(3,4)26(30,31)32;1-3-2/h6-7,12,14,21,23,36,38H,5,8-11,13H2,1-4H3,(H,33,37);/t14?,21-,25?;/m0./s1. The van der Waals surface area contributed by atoms with E-state index in [1.165, 1.54) is 10.7 Å². The zero-order valence-electron chi connectivity index (χ0n) is 23.3.